The summed E-state index contributed by atoms with van der Waals surface area (Å²) in [4.78, 5) is 22.8. The highest BCUT2D eigenvalue weighted by Crippen LogP contribution is 2.17. The molecule has 0 aromatic carbocycles. The van der Waals surface area contributed by atoms with Crippen LogP contribution in [-0.4, -0.2) is 26.2 Å². The van der Waals surface area contributed by atoms with Crippen LogP contribution < -0.4 is 0 Å². The fraction of sp³-hybridized carbons (Fsp3) is 0.810. The van der Waals surface area contributed by atoms with Crippen molar-refractivity contribution in [2.45, 2.75) is 90.4 Å². The van der Waals surface area contributed by atoms with E-state index >= 15 is 0 Å². The number of ether oxygens (including phenoxy) is 2. The molecule has 0 fully saturated rings. The van der Waals surface area contributed by atoms with Crippen LogP contribution in [0.3, 0.4) is 0 Å². The maximum absolute atomic E-state index is 11.8. The number of methoxy groups -OCH3 is 2. The highest BCUT2D eigenvalue weighted by Gasteiger charge is 2.16. The minimum absolute atomic E-state index is 0.0106. The molecule has 0 rings (SSSR count). The van der Waals surface area contributed by atoms with Crippen molar-refractivity contribution in [3.05, 3.63) is 12.2 Å². The lowest BCUT2D eigenvalue weighted by molar-refractivity contribution is -0.145. The maximum atomic E-state index is 11.8. The Morgan fingerprint density at radius 2 is 1.52 bits per heavy atom. The van der Waals surface area contributed by atoms with E-state index in [9.17, 15) is 9.59 Å². The van der Waals surface area contributed by atoms with E-state index in [4.69, 9.17) is 4.74 Å². The van der Waals surface area contributed by atoms with E-state index in [1.54, 1.807) is 0 Å². The summed E-state index contributed by atoms with van der Waals surface area (Å²) < 4.78 is 9.54. The second kappa shape index (κ2) is 17.5. The Morgan fingerprint density at radius 1 is 0.840 bits per heavy atom. The number of esters is 2. The van der Waals surface area contributed by atoms with Gasteiger partial charge in [0.2, 0.25) is 0 Å². The van der Waals surface area contributed by atoms with Crippen molar-refractivity contribution in [1.82, 2.24) is 0 Å². The molecule has 4 heteroatoms. The lowest BCUT2D eigenvalue weighted by Gasteiger charge is -2.12. The van der Waals surface area contributed by atoms with Crippen molar-refractivity contribution in [2.75, 3.05) is 14.2 Å². The Morgan fingerprint density at radius 3 is 2.20 bits per heavy atom. The predicted molar refractivity (Wildman–Crippen MR) is 102 cm³/mol. The lowest BCUT2D eigenvalue weighted by atomic mass is 9.97. The van der Waals surface area contributed by atoms with Gasteiger partial charge in [0.05, 0.1) is 20.1 Å². The normalized spacial score (nSPS) is 12.3. The number of hydrogen-bond acceptors (Lipinski definition) is 4. The van der Waals surface area contributed by atoms with Gasteiger partial charge in [-0.05, 0) is 32.1 Å². The van der Waals surface area contributed by atoms with Gasteiger partial charge in [-0.1, -0.05) is 64.0 Å². The van der Waals surface area contributed by atoms with Crippen LogP contribution >= 0.6 is 0 Å². The van der Waals surface area contributed by atoms with E-state index in [1.807, 2.05) is 0 Å². The predicted octanol–water partition coefficient (Wildman–Crippen LogP) is 5.60. The van der Waals surface area contributed by atoms with Gasteiger partial charge in [-0.2, -0.15) is 0 Å². The Balaban J connectivity index is 3.72. The molecule has 0 radical (unpaired) electrons. The van der Waals surface area contributed by atoms with Crippen LogP contribution in [0, 0.1) is 5.92 Å². The molecule has 0 spiro atoms. The third-order valence-corrected chi connectivity index (χ3v) is 4.51. The average molecular weight is 355 g/mol. The van der Waals surface area contributed by atoms with E-state index in [-0.39, 0.29) is 17.9 Å². The first-order chi connectivity index (χ1) is 12.2. The minimum atomic E-state index is -0.113. The molecule has 0 aromatic heterocycles. The van der Waals surface area contributed by atoms with Gasteiger partial charge in [0.25, 0.3) is 0 Å². The van der Waals surface area contributed by atoms with E-state index in [0.717, 1.165) is 51.4 Å². The Hall–Kier alpha value is -1.32. The molecule has 4 nitrogen and oxygen atoms in total. The summed E-state index contributed by atoms with van der Waals surface area (Å²) in [6.07, 6.45) is 17.9. The molecule has 1 unspecified atom stereocenters. The largest absolute Gasteiger partial charge is 0.469 e. The molecule has 25 heavy (non-hydrogen) atoms. The molecule has 0 N–H and O–H groups in total. The zero-order valence-corrected chi connectivity index (χ0v) is 16.6. The van der Waals surface area contributed by atoms with E-state index in [2.05, 4.69) is 23.8 Å². The lowest BCUT2D eigenvalue weighted by Crippen LogP contribution is -2.15. The van der Waals surface area contributed by atoms with Gasteiger partial charge in [-0.15, -0.1) is 0 Å². The van der Waals surface area contributed by atoms with Gasteiger partial charge in [-0.3, -0.25) is 9.59 Å². The van der Waals surface area contributed by atoms with Gasteiger partial charge in [0.15, 0.2) is 0 Å². The number of unbranched alkanes of at least 4 members (excludes halogenated alkanes) is 8. The molecule has 0 saturated heterocycles. The smallest absolute Gasteiger partial charge is 0.308 e. The molecule has 0 aromatic rings. The second-order valence-corrected chi connectivity index (χ2v) is 6.66. The van der Waals surface area contributed by atoms with E-state index in [0.29, 0.717) is 6.42 Å². The quantitative estimate of drug-likeness (QED) is 0.206. The summed E-state index contributed by atoms with van der Waals surface area (Å²) in [7, 11) is 2.91. The van der Waals surface area contributed by atoms with Crippen LogP contribution in [0.25, 0.3) is 0 Å². The van der Waals surface area contributed by atoms with Crippen LogP contribution in [0.5, 0.6) is 0 Å². The van der Waals surface area contributed by atoms with Crippen molar-refractivity contribution < 1.29 is 19.1 Å². The topological polar surface area (TPSA) is 52.6 Å². The van der Waals surface area contributed by atoms with Gasteiger partial charge < -0.3 is 9.47 Å². The Bertz CT molecular complexity index is 363. The number of allylic oxidation sites excluding steroid dienone is 2. The first-order valence-corrected chi connectivity index (χ1v) is 9.95. The maximum Gasteiger partial charge on any atom is 0.308 e. The van der Waals surface area contributed by atoms with Gasteiger partial charge >= 0.3 is 11.9 Å². The molecular weight excluding hydrogens is 316 g/mol. The Kier molecular flexibility index (Phi) is 16.6. The van der Waals surface area contributed by atoms with Gasteiger partial charge in [0.1, 0.15) is 0 Å². The zero-order chi connectivity index (χ0) is 18.8. The first-order valence-electron chi connectivity index (χ1n) is 9.95. The van der Waals surface area contributed by atoms with Crippen LogP contribution in [0.1, 0.15) is 90.4 Å². The molecule has 0 aliphatic carbocycles. The zero-order valence-electron chi connectivity index (χ0n) is 16.6. The number of carbonyl (C=O) groups excluding carboxylic acids is 2. The Labute approximate surface area is 154 Å². The number of rotatable bonds is 16. The summed E-state index contributed by atoms with van der Waals surface area (Å²) in [5.74, 6) is -0.180. The SMILES string of the molecule is CCCCCCC(CC=CCCCCCCCC(=O)OC)C(=O)OC. The average Bonchev–Trinajstić information content (AvgIpc) is 2.63. The summed E-state index contributed by atoms with van der Waals surface area (Å²) in [6.45, 7) is 2.19. The van der Waals surface area contributed by atoms with Crippen LogP contribution in [0.2, 0.25) is 0 Å². The highest BCUT2D eigenvalue weighted by molar-refractivity contribution is 5.72. The van der Waals surface area contributed by atoms with Crippen molar-refractivity contribution in [3.8, 4) is 0 Å². The van der Waals surface area contributed by atoms with Crippen molar-refractivity contribution >= 4 is 11.9 Å². The van der Waals surface area contributed by atoms with Crippen molar-refractivity contribution in [3.63, 3.8) is 0 Å². The third kappa shape index (κ3) is 14.7. The van der Waals surface area contributed by atoms with E-state index in [1.165, 1.54) is 39.9 Å². The number of hydrogen-bond donors (Lipinski definition) is 0. The fourth-order valence-electron chi connectivity index (χ4n) is 2.86. The molecule has 0 amide bonds. The van der Waals surface area contributed by atoms with Crippen molar-refractivity contribution in [1.29, 1.82) is 0 Å². The highest BCUT2D eigenvalue weighted by atomic mass is 16.5. The van der Waals surface area contributed by atoms with E-state index < -0.39 is 0 Å². The van der Waals surface area contributed by atoms with Crippen LogP contribution in [0.15, 0.2) is 12.2 Å². The molecule has 146 valence electrons. The molecule has 0 heterocycles. The number of carbonyl (C=O) groups is 2. The second-order valence-electron chi connectivity index (χ2n) is 6.66. The van der Waals surface area contributed by atoms with Crippen molar-refractivity contribution in [2.24, 2.45) is 5.92 Å². The summed E-state index contributed by atoms with van der Waals surface area (Å²) >= 11 is 0. The monoisotopic (exact) mass is 354 g/mol. The standard InChI is InChI=1S/C21H38O4/c1-4-5-6-13-16-19(21(23)25-3)17-14-11-9-7-8-10-12-15-18-20(22)24-2/h11,14,19H,4-10,12-13,15-18H2,1-3H3. The molecular formula is C21H38O4. The molecule has 0 bridgehead atoms. The summed E-state index contributed by atoms with van der Waals surface area (Å²) in [6, 6.07) is 0. The van der Waals surface area contributed by atoms with Gasteiger partial charge in [0, 0.05) is 6.42 Å². The third-order valence-electron chi connectivity index (χ3n) is 4.51. The van der Waals surface area contributed by atoms with Crippen LogP contribution in [-0.2, 0) is 19.1 Å². The minimum Gasteiger partial charge on any atom is -0.469 e. The first kappa shape index (κ1) is 23.7. The molecule has 1 atom stereocenters. The van der Waals surface area contributed by atoms with Gasteiger partial charge in [-0.25, -0.2) is 0 Å². The fourth-order valence-corrected chi connectivity index (χ4v) is 2.86. The summed E-state index contributed by atoms with van der Waals surface area (Å²) in [5.41, 5.74) is 0. The molecule has 0 aliphatic heterocycles. The summed E-state index contributed by atoms with van der Waals surface area (Å²) in [5, 5.41) is 0. The van der Waals surface area contributed by atoms with Crippen LogP contribution in [0.4, 0.5) is 0 Å². The molecule has 0 aliphatic rings. The molecule has 0 saturated carbocycles.